The van der Waals surface area contributed by atoms with Crippen LogP contribution in [0.15, 0.2) is 24.3 Å². The fourth-order valence-corrected chi connectivity index (χ4v) is 2.24. The molecule has 0 saturated heterocycles. The van der Waals surface area contributed by atoms with Crippen LogP contribution in [0.25, 0.3) is 0 Å². The Bertz CT molecular complexity index is 398. The first kappa shape index (κ1) is 12.2. The molecule has 1 fully saturated rings. The summed E-state index contributed by atoms with van der Waals surface area (Å²) in [5.41, 5.74) is 0.651. The van der Waals surface area contributed by atoms with E-state index in [-0.39, 0.29) is 11.4 Å². The number of halogens is 1. The highest BCUT2D eigenvalue weighted by Gasteiger charge is 2.45. The zero-order valence-corrected chi connectivity index (χ0v) is 10.6. The fraction of sp³-hybridized carbons (Fsp3) is 0.462. The van der Waals surface area contributed by atoms with Gasteiger partial charge in [0.2, 0.25) is 0 Å². The number of hydrogen-bond donors (Lipinski definition) is 1. The Balaban J connectivity index is 1.96. The molecule has 0 unspecified atom stereocenters. The molecule has 0 radical (unpaired) electrons. The van der Waals surface area contributed by atoms with Gasteiger partial charge in [0.05, 0.1) is 12.5 Å². The van der Waals surface area contributed by atoms with Crippen LogP contribution in [0.5, 0.6) is 0 Å². The first-order valence-electron chi connectivity index (χ1n) is 5.74. The molecule has 0 aliphatic heterocycles. The number of hydrogen-bond acceptors (Lipinski definition) is 3. The predicted octanol–water partition coefficient (Wildman–Crippen LogP) is 3.10. The quantitative estimate of drug-likeness (QED) is 0.838. The summed E-state index contributed by atoms with van der Waals surface area (Å²) in [5.74, 6) is -0.106. The number of methoxy groups -OCH3 is 1. The van der Waals surface area contributed by atoms with Gasteiger partial charge in [-0.25, -0.2) is 0 Å². The summed E-state index contributed by atoms with van der Waals surface area (Å²) in [6, 6.07) is 7.48. The monoisotopic (exact) mass is 253 g/mol. The minimum absolute atomic E-state index is 0.106. The zero-order chi connectivity index (χ0) is 12.3. The molecule has 0 aromatic heterocycles. The van der Waals surface area contributed by atoms with Crippen LogP contribution >= 0.6 is 11.6 Å². The topological polar surface area (TPSA) is 38.3 Å². The highest BCUT2D eigenvalue weighted by atomic mass is 35.5. The number of rotatable bonds is 4. The number of benzene rings is 1. The maximum Gasteiger partial charge on any atom is 0.313 e. The Morgan fingerprint density at radius 2 is 2.06 bits per heavy atom. The largest absolute Gasteiger partial charge is 0.469 e. The summed E-state index contributed by atoms with van der Waals surface area (Å²) in [6.07, 6.45) is 2.90. The van der Waals surface area contributed by atoms with E-state index in [1.165, 1.54) is 7.11 Å². The average Bonchev–Trinajstić information content (AvgIpc) is 2.29. The Morgan fingerprint density at radius 3 is 2.53 bits per heavy atom. The second-order valence-corrected chi connectivity index (χ2v) is 4.92. The molecule has 1 aliphatic rings. The SMILES string of the molecule is COC(=O)C1(CNc2ccc(Cl)cc2)CCC1. The van der Waals surface area contributed by atoms with E-state index in [1.807, 2.05) is 24.3 Å². The van der Waals surface area contributed by atoms with E-state index in [0.717, 1.165) is 24.9 Å². The molecule has 92 valence electrons. The maximum absolute atomic E-state index is 11.7. The highest BCUT2D eigenvalue weighted by Crippen LogP contribution is 2.42. The third-order valence-electron chi connectivity index (χ3n) is 3.40. The summed E-state index contributed by atoms with van der Waals surface area (Å²) in [7, 11) is 1.45. The van der Waals surface area contributed by atoms with Gasteiger partial charge in [0, 0.05) is 17.3 Å². The zero-order valence-electron chi connectivity index (χ0n) is 9.83. The Kier molecular flexibility index (Phi) is 3.57. The van der Waals surface area contributed by atoms with Gasteiger partial charge in [-0.2, -0.15) is 0 Å². The number of carbonyl (C=O) groups excluding carboxylic acids is 1. The molecular formula is C13H16ClNO2. The van der Waals surface area contributed by atoms with Crippen LogP contribution in [0.4, 0.5) is 5.69 Å². The smallest absolute Gasteiger partial charge is 0.313 e. The number of ether oxygens (including phenoxy) is 1. The van der Waals surface area contributed by atoms with Gasteiger partial charge in [0.25, 0.3) is 0 Å². The van der Waals surface area contributed by atoms with Gasteiger partial charge in [-0.1, -0.05) is 18.0 Å². The molecule has 0 atom stereocenters. The molecular weight excluding hydrogens is 238 g/mol. The molecule has 4 heteroatoms. The molecule has 0 bridgehead atoms. The van der Waals surface area contributed by atoms with E-state index < -0.39 is 0 Å². The van der Waals surface area contributed by atoms with Gasteiger partial charge in [-0.3, -0.25) is 4.79 Å². The number of esters is 1. The minimum atomic E-state index is -0.325. The third kappa shape index (κ3) is 2.55. The second kappa shape index (κ2) is 4.96. The number of nitrogens with one attached hydrogen (secondary N) is 1. The van der Waals surface area contributed by atoms with Crippen LogP contribution in [-0.2, 0) is 9.53 Å². The predicted molar refractivity (Wildman–Crippen MR) is 68.2 cm³/mol. The van der Waals surface area contributed by atoms with Crippen LogP contribution < -0.4 is 5.32 Å². The Hall–Kier alpha value is -1.22. The van der Waals surface area contributed by atoms with Crippen molar-refractivity contribution < 1.29 is 9.53 Å². The van der Waals surface area contributed by atoms with Gasteiger partial charge >= 0.3 is 5.97 Å². The molecule has 1 saturated carbocycles. The Labute approximate surface area is 106 Å². The van der Waals surface area contributed by atoms with Crippen LogP contribution in [0.3, 0.4) is 0 Å². The number of carbonyl (C=O) groups is 1. The lowest BCUT2D eigenvalue weighted by Crippen LogP contribution is -2.44. The van der Waals surface area contributed by atoms with Crippen LogP contribution in [0, 0.1) is 5.41 Å². The fourth-order valence-electron chi connectivity index (χ4n) is 2.11. The minimum Gasteiger partial charge on any atom is -0.469 e. The third-order valence-corrected chi connectivity index (χ3v) is 3.66. The van der Waals surface area contributed by atoms with Gasteiger partial charge in [-0.05, 0) is 37.1 Å². The highest BCUT2D eigenvalue weighted by molar-refractivity contribution is 6.30. The van der Waals surface area contributed by atoms with E-state index in [9.17, 15) is 4.79 Å². The molecule has 1 aromatic rings. The van der Waals surface area contributed by atoms with Crippen molar-refractivity contribution in [3.8, 4) is 0 Å². The van der Waals surface area contributed by atoms with Crippen molar-refractivity contribution in [2.75, 3.05) is 19.0 Å². The molecule has 1 N–H and O–H groups in total. The maximum atomic E-state index is 11.7. The first-order valence-corrected chi connectivity index (χ1v) is 6.12. The Morgan fingerprint density at radius 1 is 1.41 bits per heavy atom. The van der Waals surface area contributed by atoms with Crippen molar-refractivity contribution in [3.05, 3.63) is 29.3 Å². The van der Waals surface area contributed by atoms with E-state index in [4.69, 9.17) is 16.3 Å². The van der Waals surface area contributed by atoms with Crippen molar-refractivity contribution in [2.45, 2.75) is 19.3 Å². The second-order valence-electron chi connectivity index (χ2n) is 4.49. The van der Waals surface area contributed by atoms with Gasteiger partial charge in [0.15, 0.2) is 0 Å². The van der Waals surface area contributed by atoms with Crippen molar-refractivity contribution in [3.63, 3.8) is 0 Å². The molecule has 1 aromatic carbocycles. The summed E-state index contributed by atoms with van der Waals surface area (Å²) in [4.78, 5) is 11.7. The normalized spacial score (nSPS) is 17.1. The van der Waals surface area contributed by atoms with E-state index in [0.29, 0.717) is 11.6 Å². The van der Waals surface area contributed by atoms with E-state index >= 15 is 0 Å². The molecule has 17 heavy (non-hydrogen) atoms. The van der Waals surface area contributed by atoms with Crippen molar-refractivity contribution in [2.24, 2.45) is 5.41 Å². The molecule has 0 amide bonds. The molecule has 0 spiro atoms. The molecule has 1 aliphatic carbocycles. The average molecular weight is 254 g/mol. The van der Waals surface area contributed by atoms with Crippen LogP contribution in [-0.4, -0.2) is 19.6 Å². The molecule has 2 rings (SSSR count). The van der Waals surface area contributed by atoms with E-state index in [2.05, 4.69) is 5.32 Å². The van der Waals surface area contributed by atoms with Crippen molar-refractivity contribution >= 4 is 23.3 Å². The number of anilines is 1. The van der Waals surface area contributed by atoms with Crippen molar-refractivity contribution in [1.29, 1.82) is 0 Å². The summed E-state index contributed by atoms with van der Waals surface area (Å²) in [6.45, 7) is 0.626. The summed E-state index contributed by atoms with van der Waals surface area (Å²) in [5, 5.41) is 3.98. The first-order chi connectivity index (χ1) is 8.16. The summed E-state index contributed by atoms with van der Waals surface area (Å²) >= 11 is 5.81. The molecule has 0 heterocycles. The van der Waals surface area contributed by atoms with Crippen LogP contribution in [0.1, 0.15) is 19.3 Å². The summed E-state index contributed by atoms with van der Waals surface area (Å²) < 4.78 is 4.86. The van der Waals surface area contributed by atoms with E-state index in [1.54, 1.807) is 0 Å². The standard InChI is InChI=1S/C13H16ClNO2/c1-17-12(16)13(7-2-8-13)9-15-11-5-3-10(14)4-6-11/h3-6,15H,2,7-9H2,1H3. The lowest BCUT2D eigenvalue weighted by atomic mass is 9.68. The van der Waals surface area contributed by atoms with Gasteiger partial charge < -0.3 is 10.1 Å². The lowest BCUT2D eigenvalue weighted by Gasteiger charge is -2.39. The lowest BCUT2D eigenvalue weighted by molar-refractivity contribution is -0.157. The van der Waals surface area contributed by atoms with Gasteiger partial charge in [0.1, 0.15) is 0 Å². The van der Waals surface area contributed by atoms with Crippen LogP contribution in [0.2, 0.25) is 5.02 Å². The molecule has 3 nitrogen and oxygen atoms in total. The van der Waals surface area contributed by atoms with Crippen molar-refractivity contribution in [1.82, 2.24) is 0 Å². The van der Waals surface area contributed by atoms with Gasteiger partial charge in [-0.15, -0.1) is 0 Å².